The van der Waals surface area contributed by atoms with Crippen LogP contribution in [0.5, 0.6) is 0 Å². The minimum Gasteiger partial charge on any atom is -0.309 e. The standard InChI is InChI=1S/C60H42N2Si/c1-6-20-43(21-7-1)45-34-38-58-54(40-45)55-42-50(63(47-24-10-3-11-25-47,48-26-12-4-13-27-48)49-28-14-5-15-29-49)36-39-59(55)61(58)46-35-37-53-52-31-17-19-33-57(52)62(60(53)41-46)56-32-18-16-30-51(56)44-22-8-2-9-23-44/h1-42H. The predicted octanol–water partition coefficient (Wildman–Crippen LogP) is 12.6. The van der Waals surface area contributed by atoms with E-state index in [0.717, 1.165) is 11.4 Å². The van der Waals surface area contributed by atoms with Gasteiger partial charge in [-0.25, -0.2) is 0 Å². The highest BCUT2D eigenvalue weighted by Crippen LogP contribution is 2.40. The molecule has 0 aliphatic heterocycles. The first-order valence-electron chi connectivity index (χ1n) is 21.8. The maximum absolute atomic E-state index is 2.80. The van der Waals surface area contributed by atoms with Gasteiger partial charge in [-0.1, -0.05) is 212 Å². The van der Waals surface area contributed by atoms with E-state index in [0.29, 0.717) is 0 Å². The van der Waals surface area contributed by atoms with Gasteiger partial charge in [-0.2, -0.15) is 0 Å². The molecule has 0 radical (unpaired) electrons. The van der Waals surface area contributed by atoms with Crippen molar-refractivity contribution in [3.63, 3.8) is 0 Å². The van der Waals surface area contributed by atoms with Crippen molar-refractivity contribution in [1.29, 1.82) is 0 Å². The Morgan fingerprint density at radius 1 is 0.254 bits per heavy atom. The molecule has 0 spiro atoms. The molecule has 0 bridgehead atoms. The summed E-state index contributed by atoms with van der Waals surface area (Å²) in [7, 11) is -2.80. The van der Waals surface area contributed by atoms with E-state index >= 15 is 0 Å². The first-order chi connectivity index (χ1) is 31.3. The molecule has 12 aromatic rings. The van der Waals surface area contributed by atoms with Gasteiger partial charge in [0.05, 0.1) is 27.8 Å². The average Bonchev–Trinajstić information content (AvgIpc) is 3.87. The third kappa shape index (κ3) is 5.93. The van der Waals surface area contributed by atoms with Crippen LogP contribution in [-0.4, -0.2) is 17.2 Å². The van der Waals surface area contributed by atoms with E-state index in [9.17, 15) is 0 Å². The van der Waals surface area contributed by atoms with E-state index in [2.05, 4.69) is 264 Å². The molecule has 0 atom stereocenters. The molecule has 0 aliphatic rings. The van der Waals surface area contributed by atoms with Crippen LogP contribution in [0.25, 0.3) is 77.2 Å². The molecule has 0 saturated heterocycles. The van der Waals surface area contributed by atoms with Crippen molar-refractivity contribution in [2.45, 2.75) is 0 Å². The lowest BCUT2D eigenvalue weighted by Gasteiger charge is -2.34. The zero-order valence-corrected chi connectivity index (χ0v) is 35.6. The Morgan fingerprint density at radius 2 is 0.746 bits per heavy atom. The highest BCUT2D eigenvalue weighted by molar-refractivity contribution is 7.20. The van der Waals surface area contributed by atoms with E-state index < -0.39 is 8.07 Å². The monoisotopic (exact) mass is 818 g/mol. The first kappa shape index (κ1) is 36.8. The Hall–Kier alpha value is -7.98. The topological polar surface area (TPSA) is 9.86 Å². The Labute approximate surface area is 368 Å². The fourth-order valence-electron chi connectivity index (χ4n) is 10.3. The van der Waals surface area contributed by atoms with E-state index in [1.165, 1.54) is 86.6 Å². The quantitative estimate of drug-likeness (QED) is 0.107. The second-order valence-electron chi connectivity index (χ2n) is 16.5. The Balaban J connectivity index is 1.16. The molecule has 2 nitrogen and oxygen atoms in total. The molecular formula is C60H42N2Si. The van der Waals surface area contributed by atoms with Crippen LogP contribution in [-0.2, 0) is 0 Å². The summed E-state index contributed by atoms with van der Waals surface area (Å²) < 4.78 is 4.96. The lowest BCUT2D eigenvalue weighted by atomic mass is 10.0. The van der Waals surface area contributed by atoms with Crippen molar-refractivity contribution in [3.05, 3.63) is 255 Å². The van der Waals surface area contributed by atoms with Crippen molar-refractivity contribution < 1.29 is 0 Å². The van der Waals surface area contributed by atoms with Gasteiger partial charge in [0.15, 0.2) is 8.07 Å². The van der Waals surface area contributed by atoms with Crippen molar-refractivity contribution in [1.82, 2.24) is 9.13 Å². The number of nitrogens with zero attached hydrogens (tertiary/aromatic N) is 2. The van der Waals surface area contributed by atoms with Crippen molar-refractivity contribution in [3.8, 4) is 33.6 Å². The molecule has 3 heteroatoms. The van der Waals surface area contributed by atoms with Gasteiger partial charge in [0.25, 0.3) is 0 Å². The van der Waals surface area contributed by atoms with Gasteiger partial charge in [0.1, 0.15) is 0 Å². The van der Waals surface area contributed by atoms with Crippen LogP contribution in [0.1, 0.15) is 0 Å². The summed E-state index contributed by atoms with van der Waals surface area (Å²) in [4.78, 5) is 0. The van der Waals surface area contributed by atoms with Crippen LogP contribution in [0, 0.1) is 0 Å². The number of hydrogen-bond acceptors (Lipinski definition) is 0. The van der Waals surface area contributed by atoms with Crippen LogP contribution in [0.3, 0.4) is 0 Å². The highest BCUT2D eigenvalue weighted by atomic mass is 28.3. The third-order valence-corrected chi connectivity index (χ3v) is 17.8. The molecule has 296 valence electrons. The molecule has 10 aromatic carbocycles. The summed E-state index contributed by atoms with van der Waals surface area (Å²) in [5.74, 6) is 0. The molecule has 0 N–H and O–H groups in total. The van der Waals surface area contributed by atoms with Crippen LogP contribution < -0.4 is 20.7 Å². The van der Waals surface area contributed by atoms with Crippen LogP contribution in [0.4, 0.5) is 0 Å². The summed E-state index contributed by atoms with van der Waals surface area (Å²) in [6, 6.07) is 94.3. The van der Waals surface area contributed by atoms with E-state index in [-0.39, 0.29) is 0 Å². The number of rotatable bonds is 8. The van der Waals surface area contributed by atoms with E-state index in [1.54, 1.807) is 0 Å². The summed E-state index contributed by atoms with van der Waals surface area (Å²) >= 11 is 0. The molecule has 63 heavy (non-hydrogen) atoms. The lowest BCUT2D eigenvalue weighted by Crippen LogP contribution is -2.74. The number of fused-ring (bicyclic) bond motifs is 6. The molecule has 12 rings (SSSR count). The van der Waals surface area contributed by atoms with Crippen molar-refractivity contribution in [2.24, 2.45) is 0 Å². The normalized spacial score (nSPS) is 11.8. The fourth-order valence-corrected chi connectivity index (χ4v) is 15.1. The maximum Gasteiger partial charge on any atom is 0.179 e. The largest absolute Gasteiger partial charge is 0.309 e. The minimum absolute atomic E-state index is 1.13. The van der Waals surface area contributed by atoms with Crippen LogP contribution in [0.15, 0.2) is 255 Å². The average molecular weight is 819 g/mol. The Morgan fingerprint density at radius 3 is 1.40 bits per heavy atom. The smallest absolute Gasteiger partial charge is 0.179 e. The van der Waals surface area contributed by atoms with Gasteiger partial charge < -0.3 is 9.13 Å². The SMILES string of the molecule is c1ccc(-c2ccc3c(c2)c2cc([Si](c4ccccc4)(c4ccccc4)c4ccccc4)ccc2n3-c2ccc3c4ccccc4n(-c4ccccc4-c4ccccc4)c3c2)cc1. The molecular weight excluding hydrogens is 777 g/mol. The lowest BCUT2D eigenvalue weighted by molar-refractivity contribution is 1.16. The van der Waals surface area contributed by atoms with Crippen LogP contribution in [0.2, 0.25) is 0 Å². The number of para-hydroxylation sites is 2. The van der Waals surface area contributed by atoms with E-state index in [4.69, 9.17) is 0 Å². The molecule has 0 fully saturated rings. The molecule has 0 amide bonds. The molecule has 0 unspecified atom stereocenters. The summed E-state index contributed by atoms with van der Waals surface area (Å²) in [6.07, 6.45) is 0. The Kier molecular flexibility index (Phi) is 8.87. The molecule has 0 aliphatic carbocycles. The molecule has 0 saturated carbocycles. The summed E-state index contributed by atoms with van der Waals surface area (Å²) in [5.41, 5.74) is 11.8. The van der Waals surface area contributed by atoms with Crippen molar-refractivity contribution in [2.75, 3.05) is 0 Å². The zero-order chi connectivity index (χ0) is 41.7. The summed E-state index contributed by atoms with van der Waals surface area (Å²) in [5, 5.41) is 10.4. The highest BCUT2D eigenvalue weighted by Gasteiger charge is 2.41. The van der Waals surface area contributed by atoms with Gasteiger partial charge in [-0.15, -0.1) is 0 Å². The molecule has 2 heterocycles. The minimum atomic E-state index is -2.80. The molecule has 2 aromatic heterocycles. The maximum atomic E-state index is 2.54. The Bertz CT molecular complexity index is 3500. The van der Waals surface area contributed by atoms with Gasteiger partial charge in [-0.05, 0) is 79.9 Å². The predicted molar refractivity (Wildman–Crippen MR) is 270 cm³/mol. The zero-order valence-electron chi connectivity index (χ0n) is 34.6. The van der Waals surface area contributed by atoms with Crippen LogP contribution >= 0.6 is 0 Å². The van der Waals surface area contributed by atoms with Gasteiger partial charge in [0.2, 0.25) is 0 Å². The van der Waals surface area contributed by atoms with Gasteiger partial charge in [0, 0.05) is 32.8 Å². The number of hydrogen-bond donors (Lipinski definition) is 0. The van der Waals surface area contributed by atoms with Crippen molar-refractivity contribution >= 4 is 72.4 Å². The van der Waals surface area contributed by atoms with E-state index in [1.807, 2.05) is 0 Å². The number of benzene rings is 10. The third-order valence-electron chi connectivity index (χ3n) is 13.1. The number of aromatic nitrogens is 2. The van der Waals surface area contributed by atoms with Gasteiger partial charge >= 0.3 is 0 Å². The fraction of sp³-hybridized carbons (Fsp3) is 0. The second-order valence-corrected chi connectivity index (χ2v) is 20.3. The second kappa shape index (κ2) is 15.2. The summed E-state index contributed by atoms with van der Waals surface area (Å²) in [6.45, 7) is 0. The first-order valence-corrected chi connectivity index (χ1v) is 23.8. The van der Waals surface area contributed by atoms with Gasteiger partial charge in [-0.3, -0.25) is 0 Å².